The first-order valence-electron chi connectivity index (χ1n) is 9.01. The van der Waals surface area contributed by atoms with Gasteiger partial charge in [-0.05, 0) is 50.3 Å². The molecule has 0 aromatic heterocycles. The van der Waals surface area contributed by atoms with E-state index in [1.54, 1.807) is 30.9 Å². The third kappa shape index (κ3) is 3.13. The monoisotopic (exact) mass is 379 g/mol. The number of rotatable bonds is 5. The van der Waals surface area contributed by atoms with Crippen LogP contribution in [0.2, 0.25) is 0 Å². The molecule has 2 fully saturated rings. The number of sulfone groups is 1. The summed E-state index contributed by atoms with van der Waals surface area (Å²) in [7, 11) is -3.33. The summed E-state index contributed by atoms with van der Waals surface area (Å²) in [5, 5.41) is 9.13. The van der Waals surface area contributed by atoms with Crippen LogP contribution in [-0.4, -0.2) is 48.6 Å². The molecule has 1 aromatic carbocycles. The van der Waals surface area contributed by atoms with Crippen LogP contribution in [0, 0.1) is 11.3 Å². The van der Waals surface area contributed by atoms with E-state index in [0.717, 1.165) is 18.4 Å². The normalized spacial score (nSPS) is 25.5. The Labute approximate surface area is 154 Å². The summed E-state index contributed by atoms with van der Waals surface area (Å²) >= 11 is 0. The Morgan fingerprint density at radius 2 is 1.92 bits per heavy atom. The van der Waals surface area contributed by atoms with E-state index in [1.807, 2.05) is 0 Å². The third-order valence-electron chi connectivity index (χ3n) is 5.88. The van der Waals surface area contributed by atoms with Crippen LogP contribution in [0.15, 0.2) is 29.2 Å². The van der Waals surface area contributed by atoms with E-state index in [9.17, 15) is 23.1 Å². The van der Waals surface area contributed by atoms with Gasteiger partial charge in [0, 0.05) is 13.1 Å². The molecule has 1 saturated carbocycles. The molecule has 1 aliphatic heterocycles. The van der Waals surface area contributed by atoms with Gasteiger partial charge in [-0.15, -0.1) is 0 Å². The van der Waals surface area contributed by atoms with Gasteiger partial charge in [-0.2, -0.15) is 0 Å². The van der Waals surface area contributed by atoms with E-state index in [1.165, 1.54) is 12.1 Å². The van der Waals surface area contributed by atoms with Gasteiger partial charge in [-0.1, -0.05) is 18.6 Å². The minimum atomic E-state index is -3.33. The zero-order valence-electron chi connectivity index (χ0n) is 15.1. The van der Waals surface area contributed by atoms with E-state index in [4.69, 9.17) is 0 Å². The average Bonchev–Trinajstić information content (AvgIpc) is 3.13. The van der Waals surface area contributed by atoms with Crippen molar-refractivity contribution in [2.45, 2.75) is 49.7 Å². The number of carboxylic acid groups (broad SMARTS) is 1. The molecule has 1 heterocycles. The Morgan fingerprint density at radius 1 is 1.27 bits per heavy atom. The molecule has 0 unspecified atom stereocenters. The fraction of sp³-hybridized carbons (Fsp3) is 0.579. The van der Waals surface area contributed by atoms with Crippen molar-refractivity contribution in [3.05, 3.63) is 29.8 Å². The van der Waals surface area contributed by atoms with Crippen molar-refractivity contribution in [2.24, 2.45) is 11.3 Å². The maximum Gasteiger partial charge on any atom is 0.311 e. The molecule has 1 aromatic rings. The summed E-state index contributed by atoms with van der Waals surface area (Å²) in [5.41, 5.74) is -0.0376. The number of carbonyl (C=O) groups is 2. The second kappa shape index (κ2) is 6.68. The largest absolute Gasteiger partial charge is 0.481 e. The van der Waals surface area contributed by atoms with Crippen LogP contribution in [-0.2, 0) is 25.8 Å². The zero-order chi connectivity index (χ0) is 19.1. The first-order valence-corrected chi connectivity index (χ1v) is 10.6. The van der Waals surface area contributed by atoms with Gasteiger partial charge in [0.1, 0.15) is 0 Å². The highest BCUT2D eigenvalue weighted by molar-refractivity contribution is 7.92. The summed E-state index contributed by atoms with van der Waals surface area (Å²) in [4.78, 5) is 26.3. The quantitative estimate of drug-likeness (QED) is 0.846. The van der Waals surface area contributed by atoms with E-state index in [-0.39, 0.29) is 29.7 Å². The summed E-state index contributed by atoms with van der Waals surface area (Å²) in [6.45, 7) is 4.06. The second-order valence-electron chi connectivity index (χ2n) is 7.74. The fourth-order valence-electron chi connectivity index (χ4n) is 4.18. The van der Waals surface area contributed by atoms with Crippen LogP contribution in [0.3, 0.4) is 0 Å². The number of fused-ring (bicyclic) bond motifs is 1. The number of hydrogen-bond acceptors (Lipinski definition) is 4. The SMILES string of the molecule is CC(C)S(=O)(=O)c1ccc(CC(=O)N2C[C@@H]3CCC[C@@]3(C(=O)O)C2)cc1. The lowest BCUT2D eigenvalue weighted by atomic mass is 9.81. The van der Waals surface area contributed by atoms with Gasteiger partial charge >= 0.3 is 5.97 Å². The van der Waals surface area contributed by atoms with Crippen LogP contribution < -0.4 is 0 Å². The molecule has 2 aliphatic rings. The van der Waals surface area contributed by atoms with E-state index >= 15 is 0 Å². The highest BCUT2D eigenvalue weighted by atomic mass is 32.2. The van der Waals surface area contributed by atoms with Crippen LogP contribution >= 0.6 is 0 Å². The third-order valence-corrected chi connectivity index (χ3v) is 8.05. The summed E-state index contributed by atoms with van der Waals surface area (Å²) < 4.78 is 24.3. The minimum Gasteiger partial charge on any atom is -0.481 e. The molecule has 1 N–H and O–H groups in total. The van der Waals surface area contributed by atoms with Crippen molar-refractivity contribution in [2.75, 3.05) is 13.1 Å². The predicted molar refractivity (Wildman–Crippen MR) is 96.5 cm³/mol. The number of benzene rings is 1. The summed E-state index contributed by atoms with van der Waals surface area (Å²) in [5.74, 6) is -0.847. The maximum atomic E-state index is 12.6. The summed E-state index contributed by atoms with van der Waals surface area (Å²) in [6, 6.07) is 6.40. The standard InChI is InChI=1S/C19H25NO5S/c1-13(2)26(24,25)16-7-5-14(6-8-16)10-17(21)20-11-15-4-3-9-19(15,12-20)18(22)23/h5-8,13,15H,3-4,9-12H2,1-2H3,(H,22,23)/t15-,19+/m0/s1. The van der Waals surface area contributed by atoms with Crippen molar-refractivity contribution in [3.63, 3.8) is 0 Å². The van der Waals surface area contributed by atoms with E-state index in [0.29, 0.717) is 13.0 Å². The number of carbonyl (C=O) groups excluding carboxylic acids is 1. The van der Waals surface area contributed by atoms with Crippen molar-refractivity contribution in [3.8, 4) is 0 Å². The van der Waals surface area contributed by atoms with Gasteiger partial charge in [0.05, 0.1) is 22.0 Å². The van der Waals surface area contributed by atoms with Gasteiger partial charge in [0.25, 0.3) is 0 Å². The van der Waals surface area contributed by atoms with E-state index in [2.05, 4.69) is 0 Å². The van der Waals surface area contributed by atoms with E-state index < -0.39 is 26.5 Å². The minimum absolute atomic E-state index is 0.0440. The van der Waals surface area contributed by atoms with Gasteiger partial charge in [0.2, 0.25) is 5.91 Å². The molecule has 0 bridgehead atoms. The molecule has 1 saturated heterocycles. The smallest absolute Gasteiger partial charge is 0.311 e. The highest BCUT2D eigenvalue weighted by Gasteiger charge is 2.55. The molecule has 26 heavy (non-hydrogen) atoms. The van der Waals surface area contributed by atoms with Crippen molar-refractivity contribution in [1.29, 1.82) is 0 Å². The van der Waals surface area contributed by atoms with Crippen LogP contribution in [0.25, 0.3) is 0 Å². The van der Waals surface area contributed by atoms with Crippen molar-refractivity contribution in [1.82, 2.24) is 4.90 Å². The number of hydrogen-bond donors (Lipinski definition) is 1. The number of carboxylic acids is 1. The molecule has 6 nitrogen and oxygen atoms in total. The van der Waals surface area contributed by atoms with Gasteiger partial charge in [-0.3, -0.25) is 9.59 Å². The Bertz CT molecular complexity index is 815. The molecule has 0 spiro atoms. The maximum absolute atomic E-state index is 12.6. The Balaban J connectivity index is 1.69. The molecule has 3 rings (SSSR count). The van der Waals surface area contributed by atoms with Gasteiger partial charge < -0.3 is 10.0 Å². The number of nitrogens with zero attached hydrogens (tertiary/aromatic N) is 1. The molecule has 7 heteroatoms. The molecule has 1 amide bonds. The number of likely N-dealkylation sites (tertiary alicyclic amines) is 1. The predicted octanol–water partition coefficient (Wildman–Crippen LogP) is 2.12. The lowest BCUT2D eigenvalue weighted by molar-refractivity contribution is -0.149. The van der Waals surface area contributed by atoms with Gasteiger partial charge in [-0.25, -0.2) is 8.42 Å². The molecule has 2 atom stereocenters. The van der Waals surface area contributed by atoms with Crippen molar-refractivity contribution >= 4 is 21.7 Å². The topological polar surface area (TPSA) is 91.8 Å². The summed E-state index contributed by atoms with van der Waals surface area (Å²) in [6.07, 6.45) is 2.56. The molecule has 0 radical (unpaired) electrons. The molecular formula is C19H25NO5S. The lowest BCUT2D eigenvalue weighted by Gasteiger charge is -2.23. The first-order chi connectivity index (χ1) is 12.2. The number of aliphatic carboxylic acids is 1. The molecular weight excluding hydrogens is 354 g/mol. The fourth-order valence-corrected chi connectivity index (χ4v) is 5.24. The van der Waals surface area contributed by atoms with Crippen LogP contribution in [0.4, 0.5) is 0 Å². The van der Waals surface area contributed by atoms with Crippen molar-refractivity contribution < 1.29 is 23.1 Å². The Morgan fingerprint density at radius 3 is 2.46 bits per heavy atom. The van der Waals surface area contributed by atoms with Gasteiger partial charge in [0.15, 0.2) is 9.84 Å². The zero-order valence-corrected chi connectivity index (χ0v) is 16.0. The number of amides is 1. The Kier molecular flexibility index (Phi) is 4.86. The van der Waals surface area contributed by atoms with Crippen LogP contribution in [0.5, 0.6) is 0 Å². The molecule has 142 valence electrons. The average molecular weight is 379 g/mol. The highest BCUT2D eigenvalue weighted by Crippen LogP contribution is 2.48. The second-order valence-corrected chi connectivity index (χ2v) is 10.2. The Hall–Kier alpha value is -1.89. The lowest BCUT2D eigenvalue weighted by Crippen LogP contribution is -2.37. The first kappa shape index (κ1) is 18.9. The van der Waals surface area contributed by atoms with Crippen LogP contribution in [0.1, 0.15) is 38.7 Å². The molecule has 1 aliphatic carbocycles.